The molecule has 0 aliphatic heterocycles. The molecule has 1 amide bonds. The first-order chi connectivity index (χ1) is 14.1. The van der Waals surface area contributed by atoms with Crippen molar-refractivity contribution < 1.29 is 4.79 Å². The van der Waals surface area contributed by atoms with Crippen molar-refractivity contribution in [3.05, 3.63) is 67.5 Å². The Labute approximate surface area is 202 Å². The van der Waals surface area contributed by atoms with Gasteiger partial charge in [-0.3, -0.25) is 4.79 Å². The van der Waals surface area contributed by atoms with Crippen LogP contribution in [0.2, 0.25) is 15.1 Å². The van der Waals surface area contributed by atoms with E-state index in [0.29, 0.717) is 41.7 Å². The molecule has 0 atom stereocenters. The molecule has 3 aromatic rings. The summed E-state index contributed by atoms with van der Waals surface area (Å²) in [6, 6.07) is 8.18. The van der Waals surface area contributed by atoms with E-state index >= 15 is 0 Å². The van der Waals surface area contributed by atoms with Gasteiger partial charge in [-0.25, -0.2) is 9.67 Å². The number of hydrogen-bond donors (Lipinski definition) is 0. The summed E-state index contributed by atoms with van der Waals surface area (Å²) < 4.78 is 1.83. The van der Waals surface area contributed by atoms with Crippen LogP contribution in [0.3, 0.4) is 0 Å². The lowest BCUT2D eigenvalue weighted by atomic mass is 10.1. The van der Waals surface area contributed by atoms with Crippen LogP contribution in [0.4, 0.5) is 5.69 Å². The van der Waals surface area contributed by atoms with Crippen LogP contribution in [0, 0.1) is 0 Å². The fourth-order valence-corrected chi connectivity index (χ4v) is 4.14. The molecule has 30 heavy (non-hydrogen) atoms. The Balaban J connectivity index is 2.13. The van der Waals surface area contributed by atoms with Crippen LogP contribution in [0.1, 0.15) is 16.1 Å². The summed E-state index contributed by atoms with van der Waals surface area (Å²) in [5, 5.41) is 5.37. The monoisotopic (exact) mass is 545 g/mol. The second kappa shape index (κ2) is 9.20. The summed E-state index contributed by atoms with van der Waals surface area (Å²) in [6.45, 7) is 0. The molecule has 0 spiro atoms. The van der Waals surface area contributed by atoms with Crippen molar-refractivity contribution >= 4 is 79.5 Å². The first-order valence-corrected chi connectivity index (χ1v) is 10.8. The molecule has 0 aliphatic rings. The fourth-order valence-electron chi connectivity index (χ4n) is 2.78. The van der Waals surface area contributed by atoms with Gasteiger partial charge in [-0.05, 0) is 40.2 Å². The normalized spacial score (nSPS) is 10.8. The van der Waals surface area contributed by atoms with Gasteiger partial charge < -0.3 is 9.80 Å². The molecule has 2 heterocycles. The lowest BCUT2D eigenvalue weighted by Crippen LogP contribution is -2.32. The van der Waals surface area contributed by atoms with Crippen molar-refractivity contribution in [2.75, 3.05) is 26.0 Å². The van der Waals surface area contributed by atoms with Crippen LogP contribution in [0.5, 0.6) is 0 Å². The maximum Gasteiger partial charge on any atom is 0.276 e. The van der Waals surface area contributed by atoms with Crippen molar-refractivity contribution in [2.45, 2.75) is 0 Å². The Hall–Kier alpha value is -1.71. The Morgan fingerprint density at radius 1 is 1.13 bits per heavy atom. The van der Waals surface area contributed by atoms with Crippen LogP contribution >= 0.6 is 63.0 Å². The number of carbonyl (C=O) groups is 1. The second-order valence-electron chi connectivity index (χ2n) is 6.42. The first-order valence-electron chi connectivity index (χ1n) is 8.47. The third-order valence-corrected chi connectivity index (χ3v) is 5.92. The third-order valence-electron chi connectivity index (χ3n) is 4.14. The summed E-state index contributed by atoms with van der Waals surface area (Å²) in [5.74, 6) is -0.0604. The highest BCUT2D eigenvalue weighted by Gasteiger charge is 2.26. The maximum atomic E-state index is 13.5. The molecule has 11 heteroatoms. The molecule has 0 bridgehead atoms. The van der Waals surface area contributed by atoms with Gasteiger partial charge in [0.05, 0.1) is 15.7 Å². The van der Waals surface area contributed by atoms with Gasteiger partial charge >= 0.3 is 0 Å². The number of halogens is 4. The number of anilines is 1. The van der Waals surface area contributed by atoms with E-state index in [9.17, 15) is 4.79 Å². The van der Waals surface area contributed by atoms with Gasteiger partial charge in [0.2, 0.25) is 0 Å². The molecule has 0 aliphatic carbocycles. The predicted octanol–water partition coefficient (Wildman–Crippen LogP) is 5.50. The van der Waals surface area contributed by atoms with Gasteiger partial charge in [0, 0.05) is 44.0 Å². The van der Waals surface area contributed by atoms with E-state index in [1.807, 2.05) is 0 Å². The summed E-state index contributed by atoms with van der Waals surface area (Å²) in [4.78, 5) is 21.3. The Morgan fingerprint density at radius 3 is 2.47 bits per heavy atom. The third kappa shape index (κ3) is 4.48. The highest BCUT2D eigenvalue weighted by atomic mass is 79.9. The number of carbonyl (C=O) groups excluding carboxylic acids is 1. The molecule has 0 radical (unpaired) electrons. The molecule has 0 fully saturated rings. The molecule has 0 N–H and O–H groups in total. The highest BCUT2D eigenvalue weighted by Crippen LogP contribution is 2.35. The molecule has 6 nitrogen and oxygen atoms in total. The minimum Gasteiger partial charge on any atom is -0.368 e. The van der Waals surface area contributed by atoms with Crippen LogP contribution in [0.25, 0.3) is 5.82 Å². The van der Waals surface area contributed by atoms with E-state index in [4.69, 9.17) is 47.0 Å². The van der Waals surface area contributed by atoms with Crippen molar-refractivity contribution in [3.63, 3.8) is 0 Å². The van der Waals surface area contributed by atoms with Gasteiger partial charge in [-0.15, -0.1) is 0 Å². The van der Waals surface area contributed by atoms with Crippen molar-refractivity contribution in [1.29, 1.82) is 0 Å². The van der Waals surface area contributed by atoms with Crippen molar-refractivity contribution in [3.8, 4) is 5.82 Å². The standard InChI is InChI=1S/C19H15BrCl3N5OS/c1-26(2)19(30)11-7-10(21)8-13(23)16(11)27(3)18(29)14-9-15(20)25-28(14)17-12(22)5-4-6-24-17/h4-9H,1-3H3. The van der Waals surface area contributed by atoms with Crippen LogP contribution in [0.15, 0.2) is 41.1 Å². The summed E-state index contributed by atoms with van der Waals surface area (Å²) in [7, 11) is 5.21. The number of thiocarbonyl (C=S) groups is 1. The average molecular weight is 548 g/mol. The fraction of sp³-hybridized carbons (Fsp3) is 0.158. The lowest BCUT2D eigenvalue weighted by molar-refractivity contribution is 0.0985. The van der Waals surface area contributed by atoms with E-state index in [0.717, 1.165) is 0 Å². The van der Waals surface area contributed by atoms with Crippen molar-refractivity contribution in [2.24, 2.45) is 0 Å². The number of pyridine rings is 1. The molecule has 0 saturated heterocycles. The number of benzene rings is 1. The highest BCUT2D eigenvalue weighted by molar-refractivity contribution is 9.10. The van der Waals surface area contributed by atoms with Crippen molar-refractivity contribution in [1.82, 2.24) is 19.7 Å². The molecular weight excluding hydrogens is 533 g/mol. The van der Waals surface area contributed by atoms with Gasteiger partial charge in [0.25, 0.3) is 5.91 Å². The number of rotatable bonds is 4. The molecule has 2 aromatic heterocycles. The number of nitrogens with zero attached hydrogens (tertiary/aromatic N) is 5. The van der Waals surface area contributed by atoms with E-state index in [-0.39, 0.29) is 11.6 Å². The largest absolute Gasteiger partial charge is 0.368 e. The van der Waals surface area contributed by atoms with Crippen LogP contribution in [-0.4, -0.2) is 51.7 Å². The summed E-state index contributed by atoms with van der Waals surface area (Å²) in [5.41, 5.74) is 1.22. The van der Waals surface area contributed by atoms with Crippen LogP contribution < -0.4 is 4.90 Å². The Morgan fingerprint density at radius 2 is 1.83 bits per heavy atom. The minimum atomic E-state index is -0.387. The first kappa shape index (κ1) is 23.0. The van der Waals surface area contributed by atoms with E-state index in [1.54, 1.807) is 62.6 Å². The van der Waals surface area contributed by atoms with Crippen LogP contribution in [-0.2, 0) is 0 Å². The zero-order chi connectivity index (χ0) is 22.2. The van der Waals surface area contributed by atoms with E-state index < -0.39 is 0 Å². The average Bonchev–Trinajstić information content (AvgIpc) is 3.07. The Bertz CT molecular complexity index is 1150. The zero-order valence-electron chi connectivity index (χ0n) is 16.0. The van der Waals surface area contributed by atoms with Gasteiger partial charge in [0.1, 0.15) is 15.3 Å². The molecule has 0 unspecified atom stereocenters. The lowest BCUT2D eigenvalue weighted by Gasteiger charge is -2.25. The molecule has 0 saturated carbocycles. The summed E-state index contributed by atoms with van der Waals surface area (Å²) >= 11 is 27.8. The SMILES string of the molecule is CN(C)C(=S)c1cc(Cl)cc(Cl)c1N(C)C(=O)c1cc(Br)nn1-c1ncccc1Cl. The molecule has 3 rings (SSSR count). The smallest absolute Gasteiger partial charge is 0.276 e. The van der Waals surface area contributed by atoms with E-state index in [1.165, 1.54) is 9.58 Å². The summed E-state index contributed by atoms with van der Waals surface area (Å²) in [6.07, 6.45) is 1.57. The predicted molar refractivity (Wildman–Crippen MR) is 129 cm³/mol. The molecule has 156 valence electrons. The minimum absolute atomic E-state index is 0.234. The Kier molecular flexibility index (Phi) is 7.04. The second-order valence-corrected chi connectivity index (χ2v) is 8.87. The van der Waals surface area contributed by atoms with Gasteiger partial charge in [0.15, 0.2) is 5.82 Å². The van der Waals surface area contributed by atoms with E-state index in [2.05, 4.69) is 26.0 Å². The molecular formula is C19H15BrCl3N5OS. The topological polar surface area (TPSA) is 54.3 Å². The maximum absolute atomic E-state index is 13.5. The number of amides is 1. The molecule has 1 aromatic carbocycles. The number of aromatic nitrogens is 3. The number of hydrogen-bond acceptors (Lipinski definition) is 4. The zero-order valence-corrected chi connectivity index (χ0v) is 20.7. The van der Waals surface area contributed by atoms with Gasteiger partial charge in [-0.2, -0.15) is 5.10 Å². The van der Waals surface area contributed by atoms with Gasteiger partial charge in [-0.1, -0.05) is 47.0 Å². The quantitative estimate of drug-likeness (QED) is 0.404.